The zero-order valence-electron chi connectivity index (χ0n) is 11.0. The number of nitrogens with one attached hydrogen (secondary N) is 1. The van der Waals surface area contributed by atoms with Crippen LogP contribution < -0.4 is 5.32 Å². The minimum absolute atomic E-state index is 0.374. The highest BCUT2D eigenvalue weighted by Crippen LogP contribution is 2.21. The summed E-state index contributed by atoms with van der Waals surface area (Å²) in [6.07, 6.45) is 5.61. The summed E-state index contributed by atoms with van der Waals surface area (Å²) in [5.74, 6) is 0.840. The maximum atomic E-state index is 4.44. The third-order valence-corrected chi connectivity index (χ3v) is 3.07. The van der Waals surface area contributed by atoms with Gasteiger partial charge in [-0.3, -0.25) is 4.98 Å². The van der Waals surface area contributed by atoms with Crippen LogP contribution in [0.25, 0.3) is 10.9 Å². The van der Waals surface area contributed by atoms with Crippen molar-refractivity contribution in [2.24, 2.45) is 0 Å². The van der Waals surface area contributed by atoms with Gasteiger partial charge in [0.2, 0.25) is 5.95 Å². The van der Waals surface area contributed by atoms with Crippen LogP contribution in [0.2, 0.25) is 0 Å². The number of nitrogens with zero attached hydrogens (tertiary/aromatic N) is 3. The van der Waals surface area contributed by atoms with Gasteiger partial charge < -0.3 is 9.88 Å². The zero-order chi connectivity index (χ0) is 13.2. The maximum Gasteiger partial charge on any atom is 0.207 e. The van der Waals surface area contributed by atoms with Gasteiger partial charge in [-0.05, 0) is 26.0 Å². The van der Waals surface area contributed by atoms with Crippen LogP contribution in [0.4, 0.5) is 11.6 Å². The summed E-state index contributed by atoms with van der Waals surface area (Å²) >= 11 is 0. The minimum Gasteiger partial charge on any atom is -0.324 e. The molecule has 0 saturated heterocycles. The Hall–Kier alpha value is -2.36. The minimum atomic E-state index is 0.374. The number of hydrogen-bond donors (Lipinski definition) is 1. The van der Waals surface area contributed by atoms with E-state index in [9.17, 15) is 0 Å². The van der Waals surface area contributed by atoms with Crippen LogP contribution in [0, 0.1) is 0 Å². The van der Waals surface area contributed by atoms with Gasteiger partial charge in [-0.25, -0.2) is 4.98 Å². The summed E-state index contributed by atoms with van der Waals surface area (Å²) in [6, 6.07) is 10.5. The highest BCUT2D eigenvalue weighted by Gasteiger charge is 2.06. The van der Waals surface area contributed by atoms with Gasteiger partial charge in [0.05, 0.1) is 17.4 Å². The number of anilines is 2. The SMILES string of the molecule is CC(C)n1ccnc1Nc1cnc2ccccc2c1. The molecule has 4 nitrogen and oxygen atoms in total. The molecule has 2 heterocycles. The Balaban J connectivity index is 1.94. The van der Waals surface area contributed by atoms with Crippen molar-refractivity contribution in [3.05, 3.63) is 48.9 Å². The van der Waals surface area contributed by atoms with Crippen molar-refractivity contribution >= 4 is 22.5 Å². The molecule has 0 aliphatic heterocycles. The predicted molar refractivity (Wildman–Crippen MR) is 77.6 cm³/mol. The van der Waals surface area contributed by atoms with Crippen molar-refractivity contribution in [3.8, 4) is 0 Å². The van der Waals surface area contributed by atoms with Gasteiger partial charge in [0.25, 0.3) is 0 Å². The van der Waals surface area contributed by atoms with Crippen molar-refractivity contribution in [2.75, 3.05) is 5.32 Å². The molecule has 0 bridgehead atoms. The van der Waals surface area contributed by atoms with E-state index in [2.05, 4.69) is 45.8 Å². The molecule has 0 saturated carbocycles. The molecule has 96 valence electrons. The first-order chi connectivity index (χ1) is 9.24. The lowest BCUT2D eigenvalue weighted by molar-refractivity contribution is 0.608. The van der Waals surface area contributed by atoms with E-state index in [1.807, 2.05) is 30.6 Å². The normalized spacial score (nSPS) is 11.1. The van der Waals surface area contributed by atoms with Crippen molar-refractivity contribution in [3.63, 3.8) is 0 Å². The van der Waals surface area contributed by atoms with Gasteiger partial charge in [0, 0.05) is 23.8 Å². The van der Waals surface area contributed by atoms with Crippen molar-refractivity contribution in [1.29, 1.82) is 0 Å². The Morgan fingerprint density at radius 3 is 2.84 bits per heavy atom. The molecule has 0 amide bonds. The highest BCUT2D eigenvalue weighted by molar-refractivity contribution is 5.82. The lowest BCUT2D eigenvalue weighted by Crippen LogP contribution is -2.05. The molecule has 3 aromatic rings. The third kappa shape index (κ3) is 2.29. The highest BCUT2D eigenvalue weighted by atomic mass is 15.2. The lowest BCUT2D eigenvalue weighted by atomic mass is 10.2. The topological polar surface area (TPSA) is 42.7 Å². The van der Waals surface area contributed by atoms with Crippen LogP contribution >= 0.6 is 0 Å². The van der Waals surface area contributed by atoms with E-state index in [4.69, 9.17) is 0 Å². The monoisotopic (exact) mass is 252 g/mol. The van der Waals surface area contributed by atoms with Crippen LogP contribution in [0.15, 0.2) is 48.9 Å². The summed E-state index contributed by atoms with van der Waals surface area (Å²) in [5, 5.41) is 4.44. The van der Waals surface area contributed by atoms with Crippen molar-refractivity contribution < 1.29 is 0 Å². The Morgan fingerprint density at radius 2 is 2.00 bits per heavy atom. The van der Waals surface area contributed by atoms with Crippen molar-refractivity contribution in [1.82, 2.24) is 14.5 Å². The number of hydrogen-bond acceptors (Lipinski definition) is 3. The smallest absolute Gasteiger partial charge is 0.207 e. The molecule has 0 fully saturated rings. The second kappa shape index (κ2) is 4.72. The summed E-state index contributed by atoms with van der Waals surface area (Å²) in [4.78, 5) is 8.77. The number of pyridine rings is 1. The van der Waals surface area contributed by atoms with Crippen LogP contribution in [0.3, 0.4) is 0 Å². The number of fused-ring (bicyclic) bond motifs is 1. The summed E-state index contributed by atoms with van der Waals surface area (Å²) < 4.78 is 2.09. The fourth-order valence-corrected chi connectivity index (χ4v) is 2.10. The molecule has 0 spiro atoms. The first-order valence-electron chi connectivity index (χ1n) is 6.39. The standard InChI is InChI=1S/C15H16N4/c1-11(2)19-8-7-16-15(19)18-13-9-12-5-3-4-6-14(12)17-10-13/h3-11H,1-2H3,(H,16,18). The first-order valence-corrected chi connectivity index (χ1v) is 6.39. The zero-order valence-corrected chi connectivity index (χ0v) is 11.0. The Morgan fingerprint density at radius 1 is 1.16 bits per heavy atom. The second-order valence-corrected chi connectivity index (χ2v) is 4.79. The number of imidazole rings is 1. The average molecular weight is 252 g/mol. The number of benzene rings is 1. The molecule has 3 rings (SSSR count). The van der Waals surface area contributed by atoms with Crippen LogP contribution in [-0.2, 0) is 0 Å². The van der Waals surface area contributed by atoms with E-state index in [-0.39, 0.29) is 0 Å². The van der Waals surface area contributed by atoms with E-state index in [1.54, 1.807) is 6.20 Å². The molecule has 0 aliphatic carbocycles. The molecular formula is C15H16N4. The summed E-state index contributed by atoms with van der Waals surface area (Å²) in [5.41, 5.74) is 1.95. The van der Waals surface area contributed by atoms with E-state index in [0.717, 1.165) is 22.5 Å². The molecule has 4 heteroatoms. The van der Waals surface area contributed by atoms with Gasteiger partial charge in [-0.15, -0.1) is 0 Å². The Kier molecular flexibility index (Phi) is 2.91. The maximum absolute atomic E-state index is 4.44. The van der Waals surface area contributed by atoms with Gasteiger partial charge in [0.15, 0.2) is 0 Å². The van der Waals surface area contributed by atoms with Gasteiger partial charge in [0.1, 0.15) is 0 Å². The van der Waals surface area contributed by atoms with Gasteiger partial charge in [-0.2, -0.15) is 0 Å². The molecule has 1 N–H and O–H groups in total. The van der Waals surface area contributed by atoms with Gasteiger partial charge in [-0.1, -0.05) is 18.2 Å². The van der Waals surface area contributed by atoms with Crippen LogP contribution in [0.1, 0.15) is 19.9 Å². The third-order valence-electron chi connectivity index (χ3n) is 3.07. The largest absolute Gasteiger partial charge is 0.324 e. The summed E-state index contributed by atoms with van der Waals surface area (Å²) in [6.45, 7) is 4.26. The van der Waals surface area contributed by atoms with E-state index in [1.165, 1.54) is 0 Å². The molecule has 2 aromatic heterocycles. The quantitative estimate of drug-likeness (QED) is 0.771. The van der Waals surface area contributed by atoms with Crippen LogP contribution in [-0.4, -0.2) is 14.5 Å². The molecular weight excluding hydrogens is 236 g/mol. The average Bonchev–Trinajstić information content (AvgIpc) is 2.87. The second-order valence-electron chi connectivity index (χ2n) is 4.79. The molecule has 0 atom stereocenters. The molecule has 1 aromatic carbocycles. The fourth-order valence-electron chi connectivity index (χ4n) is 2.10. The molecule has 19 heavy (non-hydrogen) atoms. The van der Waals surface area contributed by atoms with E-state index < -0.39 is 0 Å². The predicted octanol–water partition coefficient (Wildman–Crippen LogP) is 3.76. The molecule has 0 radical (unpaired) electrons. The number of rotatable bonds is 3. The van der Waals surface area contributed by atoms with E-state index in [0.29, 0.717) is 6.04 Å². The first kappa shape index (κ1) is 11.7. The fraction of sp³-hybridized carbons (Fsp3) is 0.200. The van der Waals surface area contributed by atoms with Crippen molar-refractivity contribution in [2.45, 2.75) is 19.9 Å². The number of para-hydroxylation sites is 1. The number of aromatic nitrogens is 3. The van der Waals surface area contributed by atoms with Crippen LogP contribution in [0.5, 0.6) is 0 Å². The molecule has 0 aliphatic rings. The Labute approximate surface area is 112 Å². The Bertz CT molecular complexity index is 700. The molecule has 0 unspecified atom stereocenters. The summed E-state index contributed by atoms with van der Waals surface area (Å²) in [7, 11) is 0. The van der Waals surface area contributed by atoms with E-state index >= 15 is 0 Å². The lowest BCUT2D eigenvalue weighted by Gasteiger charge is -2.12. The van der Waals surface area contributed by atoms with Gasteiger partial charge >= 0.3 is 0 Å².